The molecule has 0 aromatic carbocycles. The van der Waals surface area contributed by atoms with Crippen LogP contribution < -0.4 is 5.32 Å². The largest absolute Gasteiger partial charge is 0.415 e. The lowest BCUT2D eigenvalue weighted by atomic mass is 9.86. The Hall–Kier alpha value is -0.370. The van der Waals surface area contributed by atoms with Gasteiger partial charge in [0.25, 0.3) is 0 Å². The third kappa shape index (κ3) is 3.88. The van der Waals surface area contributed by atoms with Gasteiger partial charge in [0.15, 0.2) is 6.10 Å². The number of nitrogens with zero attached hydrogens (tertiary/aromatic N) is 1. The summed E-state index contributed by atoms with van der Waals surface area (Å²) in [7, 11) is 0. The maximum atomic E-state index is 12.4. The van der Waals surface area contributed by atoms with Crippen molar-refractivity contribution in [2.45, 2.75) is 56.5 Å². The van der Waals surface area contributed by atoms with Crippen LogP contribution in [-0.4, -0.2) is 66.7 Å². The minimum Gasteiger partial charge on any atom is -0.382 e. The van der Waals surface area contributed by atoms with Gasteiger partial charge < -0.3 is 15.2 Å². The molecule has 2 atom stereocenters. The van der Waals surface area contributed by atoms with Gasteiger partial charge >= 0.3 is 6.18 Å². The molecule has 2 aliphatic rings. The summed E-state index contributed by atoms with van der Waals surface area (Å²) < 4.78 is 42.6. The molecule has 0 spiro atoms. The molecule has 0 unspecified atom stereocenters. The quantitative estimate of drug-likeness (QED) is 0.808. The van der Waals surface area contributed by atoms with E-state index in [-0.39, 0.29) is 11.6 Å². The molecule has 1 saturated heterocycles. The van der Waals surface area contributed by atoms with Gasteiger partial charge in [-0.15, -0.1) is 0 Å². The van der Waals surface area contributed by atoms with Gasteiger partial charge in [-0.2, -0.15) is 13.2 Å². The van der Waals surface area contributed by atoms with E-state index in [0.717, 1.165) is 38.8 Å². The topological polar surface area (TPSA) is 44.7 Å². The minimum atomic E-state index is -4.56. The SMILES string of the molecule is C[C@@H](NC[C@H](O)C(F)(F)F)C1(N2CCOCC2)CCCC1. The van der Waals surface area contributed by atoms with Crippen LogP contribution >= 0.6 is 0 Å². The number of hydrogen-bond acceptors (Lipinski definition) is 4. The number of rotatable bonds is 5. The van der Waals surface area contributed by atoms with E-state index in [1.807, 2.05) is 6.92 Å². The number of nitrogens with one attached hydrogen (secondary N) is 1. The predicted octanol–water partition coefficient (Wildman–Crippen LogP) is 1.53. The highest BCUT2D eigenvalue weighted by atomic mass is 19.4. The van der Waals surface area contributed by atoms with Gasteiger partial charge in [0.2, 0.25) is 0 Å². The van der Waals surface area contributed by atoms with Crippen LogP contribution in [0.25, 0.3) is 0 Å². The van der Waals surface area contributed by atoms with Gasteiger partial charge in [-0.1, -0.05) is 12.8 Å². The van der Waals surface area contributed by atoms with Crippen LogP contribution in [-0.2, 0) is 4.74 Å². The van der Waals surface area contributed by atoms with E-state index >= 15 is 0 Å². The molecule has 1 aliphatic heterocycles. The lowest BCUT2D eigenvalue weighted by Gasteiger charge is -2.47. The van der Waals surface area contributed by atoms with E-state index in [0.29, 0.717) is 13.2 Å². The van der Waals surface area contributed by atoms with E-state index in [1.165, 1.54) is 0 Å². The number of morpholine rings is 1. The average Bonchev–Trinajstić information content (AvgIpc) is 2.95. The Labute approximate surface area is 123 Å². The molecule has 1 saturated carbocycles. The zero-order valence-electron chi connectivity index (χ0n) is 12.5. The molecule has 0 radical (unpaired) electrons. The predicted molar refractivity (Wildman–Crippen MR) is 73.1 cm³/mol. The van der Waals surface area contributed by atoms with Crippen molar-refractivity contribution in [3.8, 4) is 0 Å². The van der Waals surface area contributed by atoms with E-state index in [1.54, 1.807) is 0 Å². The number of halogens is 3. The molecule has 124 valence electrons. The van der Waals surface area contributed by atoms with Crippen molar-refractivity contribution in [1.82, 2.24) is 10.2 Å². The Bertz CT molecular complexity index is 327. The second-order valence-electron chi connectivity index (χ2n) is 6.10. The van der Waals surface area contributed by atoms with Gasteiger partial charge in [-0.05, 0) is 19.8 Å². The summed E-state index contributed by atoms with van der Waals surface area (Å²) in [5.74, 6) is 0. The summed E-state index contributed by atoms with van der Waals surface area (Å²) in [5, 5.41) is 12.1. The molecule has 2 N–H and O–H groups in total. The molecule has 2 rings (SSSR count). The highest BCUT2D eigenvalue weighted by Crippen LogP contribution is 2.38. The number of hydrogen-bond donors (Lipinski definition) is 2. The summed E-state index contributed by atoms with van der Waals surface area (Å²) >= 11 is 0. The maximum Gasteiger partial charge on any atom is 0.415 e. The standard InChI is InChI=1S/C14H25F3N2O2/c1-11(18-10-12(20)14(15,16)17)13(4-2-3-5-13)19-6-8-21-9-7-19/h11-12,18,20H,2-10H2,1H3/t11-,12+/m1/s1. The number of aliphatic hydroxyl groups is 1. The number of alkyl halides is 3. The van der Waals surface area contributed by atoms with Crippen molar-refractivity contribution in [2.75, 3.05) is 32.8 Å². The van der Waals surface area contributed by atoms with Crippen LogP contribution in [0.4, 0.5) is 13.2 Å². The van der Waals surface area contributed by atoms with Gasteiger partial charge in [0.05, 0.1) is 13.2 Å². The molecule has 0 aromatic heterocycles. The Morgan fingerprint density at radius 1 is 1.24 bits per heavy atom. The summed E-state index contributed by atoms with van der Waals surface area (Å²) in [5.41, 5.74) is -0.102. The van der Waals surface area contributed by atoms with Crippen molar-refractivity contribution < 1.29 is 23.0 Å². The maximum absolute atomic E-state index is 12.4. The summed E-state index contributed by atoms with van der Waals surface area (Å²) in [6, 6.07) is -0.0879. The third-order valence-corrected chi connectivity index (χ3v) is 4.91. The van der Waals surface area contributed by atoms with E-state index in [2.05, 4.69) is 10.2 Å². The average molecular weight is 310 g/mol. The first-order valence-corrected chi connectivity index (χ1v) is 7.67. The van der Waals surface area contributed by atoms with Crippen LogP contribution in [0.3, 0.4) is 0 Å². The second-order valence-corrected chi connectivity index (χ2v) is 6.10. The molecule has 1 aliphatic carbocycles. The lowest BCUT2D eigenvalue weighted by Crippen LogP contribution is -2.62. The molecule has 4 nitrogen and oxygen atoms in total. The first-order valence-electron chi connectivity index (χ1n) is 7.67. The van der Waals surface area contributed by atoms with E-state index in [9.17, 15) is 13.2 Å². The first-order chi connectivity index (χ1) is 9.86. The second kappa shape index (κ2) is 6.81. The van der Waals surface area contributed by atoms with Crippen molar-refractivity contribution in [2.24, 2.45) is 0 Å². The molecule has 1 heterocycles. The Kier molecular flexibility index (Phi) is 5.51. The molecule has 0 aromatic rings. The van der Waals surface area contributed by atoms with Gasteiger partial charge in [-0.25, -0.2) is 0 Å². The summed E-state index contributed by atoms with van der Waals surface area (Å²) in [6.07, 6.45) is -2.68. The van der Waals surface area contributed by atoms with Gasteiger partial charge in [-0.3, -0.25) is 4.90 Å². The highest BCUT2D eigenvalue weighted by Gasteiger charge is 2.45. The number of aliphatic hydroxyl groups excluding tert-OH is 1. The molecule has 7 heteroatoms. The minimum absolute atomic E-state index is 0.0879. The monoisotopic (exact) mass is 310 g/mol. The lowest BCUT2D eigenvalue weighted by molar-refractivity contribution is -0.202. The van der Waals surface area contributed by atoms with Gasteiger partial charge in [0.1, 0.15) is 0 Å². The number of ether oxygens (including phenoxy) is 1. The third-order valence-electron chi connectivity index (χ3n) is 4.91. The molecule has 21 heavy (non-hydrogen) atoms. The van der Waals surface area contributed by atoms with Crippen LogP contribution in [0.1, 0.15) is 32.6 Å². The molecular weight excluding hydrogens is 285 g/mol. The normalized spacial score (nSPS) is 26.7. The highest BCUT2D eigenvalue weighted by molar-refractivity contribution is 5.02. The van der Waals surface area contributed by atoms with Crippen molar-refractivity contribution in [3.05, 3.63) is 0 Å². The van der Waals surface area contributed by atoms with Crippen molar-refractivity contribution in [3.63, 3.8) is 0 Å². The Morgan fingerprint density at radius 3 is 2.33 bits per heavy atom. The van der Waals surface area contributed by atoms with Crippen LogP contribution in [0, 0.1) is 0 Å². The van der Waals surface area contributed by atoms with Gasteiger partial charge in [0, 0.05) is 31.2 Å². The molecule has 0 amide bonds. The van der Waals surface area contributed by atoms with Crippen molar-refractivity contribution >= 4 is 0 Å². The summed E-state index contributed by atoms with van der Waals surface area (Å²) in [6.45, 7) is 4.50. The Morgan fingerprint density at radius 2 is 1.81 bits per heavy atom. The van der Waals surface area contributed by atoms with E-state index < -0.39 is 18.8 Å². The van der Waals surface area contributed by atoms with Crippen LogP contribution in [0.15, 0.2) is 0 Å². The molecule has 0 bridgehead atoms. The zero-order valence-corrected chi connectivity index (χ0v) is 12.5. The van der Waals surface area contributed by atoms with E-state index in [4.69, 9.17) is 9.84 Å². The fourth-order valence-corrected chi connectivity index (χ4v) is 3.61. The van der Waals surface area contributed by atoms with Crippen molar-refractivity contribution in [1.29, 1.82) is 0 Å². The van der Waals surface area contributed by atoms with Crippen LogP contribution in [0.2, 0.25) is 0 Å². The van der Waals surface area contributed by atoms with Crippen LogP contribution in [0.5, 0.6) is 0 Å². The fourth-order valence-electron chi connectivity index (χ4n) is 3.61. The molecule has 2 fully saturated rings. The Balaban J connectivity index is 1.97. The zero-order chi connectivity index (χ0) is 15.5. The smallest absolute Gasteiger partial charge is 0.382 e. The fraction of sp³-hybridized carbons (Fsp3) is 1.00. The molecular formula is C14H25F3N2O2. The first kappa shape index (κ1) is 17.0. The summed E-state index contributed by atoms with van der Waals surface area (Å²) in [4.78, 5) is 2.36.